The summed E-state index contributed by atoms with van der Waals surface area (Å²) in [6.07, 6.45) is 3.33. The minimum absolute atomic E-state index is 0.313. The van der Waals surface area contributed by atoms with Crippen molar-refractivity contribution in [3.8, 4) is 5.75 Å². The molecule has 0 fully saturated rings. The van der Waals surface area contributed by atoms with E-state index in [2.05, 4.69) is 4.98 Å². The molecule has 0 aliphatic heterocycles. The molecule has 0 N–H and O–H groups in total. The van der Waals surface area contributed by atoms with Gasteiger partial charge in [-0.25, -0.2) is 9.78 Å². The molecule has 0 atom stereocenters. The molecule has 0 bridgehead atoms. The normalized spacial score (nSPS) is 11.2. The number of fused-ring (bicyclic) bond motifs is 1. The van der Waals surface area contributed by atoms with Crippen molar-refractivity contribution < 1.29 is 4.74 Å². The molecule has 0 amide bonds. The van der Waals surface area contributed by atoms with E-state index >= 15 is 0 Å². The molecule has 2 heterocycles. The molecule has 3 rings (SSSR count). The van der Waals surface area contributed by atoms with Crippen molar-refractivity contribution in [2.75, 3.05) is 6.61 Å². The van der Waals surface area contributed by atoms with E-state index in [-0.39, 0.29) is 11.2 Å². The summed E-state index contributed by atoms with van der Waals surface area (Å²) in [5.41, 5.74) is 1.37. The van der Waals surface area contributed by atoms with Crippen LogP contribution in [0, 0.1) is 6.92 Å². The summed E-state index contributed by atoms with van der Waals surface area (Å²) in [7, 11) is 3.11. The van der Waals surface area contributed by atoms with Gasteiger partial charge in [0.25, 0.3) is 5.56 Å². The molecule has 0 saturated carbocycles. The number of hydrogen-bond acceptors (Lipinski definition) is 4. The van der Waals surface area contributed by atoms with Crippen molar-refractivity contribution in [1.29, 1.82) is 0 Å². The highest BCUT2D eigenvalue weighted by atomic mass is 16.5. The van der Waals surface area contributed by atoms with Crippen LogP contribution >= 0.6 is 0 Å². The number of imidazole rings is 1. The van der Waals surface area contributed by atoms with Gasteiger partial charge in [-0.15, -0.1) is 0 Å². The number of hydrogen-bond donors (Lipinski definition) is 0. The van der Waals surface area contributed by atoms with Gasteiger partial charge in [0.1, 0.15) is 5.75 Å². The monoisotopic (exact) mass is 342 g/mol. The Kier molecular flexibility index (Phi) is 4.74. The van der Waals surface area contributed by atoms with E-state index in [1.165, 1.54) is 17.2 Å². The van der Waals surface area contributed by atoms with Crippen molar-refractivity contribution in [3.05, 3.63) is 57.0 Å². The fraction of sp³-hybridized carbons (Fsp3) is 0.389. The van der Waals surface area contributed by atoms with Crippen LogP contribution in [0.2, 0.25) is 0 Å². The van der Waals surface area contributed by atoms with Crippen LogP contribution in [0.1, 0.15) is 18.4 Å². The van der Waals surface area contributed by atoms with Crippen LogP contribution in [0.4, 0.5) is 0 Å². The predicted octanol–water partition coefficient (Wildman–Crippen LogP) is 1.60. The van der Waals surface area contributed by atoms with Crippen LogP contribution in [0.25, 0.3) is 11.2 Å². The zero-order valence-corrected chi connectivity index (χ0v) is 14.7. The fourth-order valence-electron chi connectivity index (χ4n) is 2.85. The van der Waals surface area contributed by atoms with E-state index in [9.17, 15) is 9.59 Å². The van der Waals surface area contributed by atoms with E-state index in [0.717, 1.165) is 23.2 Å². The summed E-state index contributed by atoms with van der Waals surface area (Å²) >= 11 is 0. The van der Waals surface area contributed by atoms with E-state index in [4.69, 9.17) is 4.74 Å². The molecule has 0 aliphatic rings. The van der Waals surface area contributed by atoms with E-state index < -0.39 is 0 Å². The first-order chi connectivity index (χ1) is 12.0. The van der Waals surface area contributed by atoms with E-state index in [1.54, 1.807) is 13.4 Å². The molecule has 2 aromatic heterocycles. The Hall–Kier alpha value is -2.83. The average Bonchev–Trinajstić information content (AvgIpc) is 3.02. The van der Waals surface area contributed by atoms with Gasteiger partial charge in [-0.2, -0.15) is 0 Å². The lowest BCUT2D eigenvalue weighted by atomic mass is 10.2. The van der Waals surface area contributed by atoms with Gasteiger partial charge in [0, 0.05) is 20.6 Å². The van der Waals surface area contributed by atoms with Crippen molar-refractivity contribution in [2.24, 2.45) is 14.1 Å². The molecule has 7 nitrogen and oxygen atoms in total. The zero-order valence-electron chi connectivity index (χ0n) is 14.7. The van der Waals surface area contributed by atoms with Crippen LogP contribution in [0.3, 0.4) is 0 Å². The average molecular weight is 342 g/mol. The third-order valence-corrected chi connectivity index (χ3v) is 4.27. The highest BCUT2D eigenvalue weighted by Gasteiger charge is 2.13. The molecular weight excluding hydrogens is 320 g/mol. The van der Waals surface area contributed by atoms with Gasteiger partial charge in [0.05, 0.1) is 12.9 Å². The number of aromatic nitrogens is 4. The maximum absolute atomic E-state index is 12.4. The molecule has 25 heavy (non-hydrogen) atoms. The third kappa shape index (κ3) is 3.35. The maximum atomic E-state index is 12.4. The molecule has 0 spiro atoms. The Morgan fingerprint density at radius 1 is 1.12 bits per heavy atom. The Labute approximate surface area is 145 Å². The number of ether oxygens (including phenoxy) is 1. The SMILES string of the molecule is Cc1cccc(OCCCCn2cnc3c2c(=O)n(C)c(=O)n3C)c1. The molecular formula is C18H22N4O3. The number of aryl methyl sites for hydroxylation is 3. The summed E-state index contributed by atoms with van der Waals surface area (Å²) in [6, 6.07) is 7.96. The first-order valence-electron chi connectivity index (χ1n) is 8.29. The summed E-state index contributed by atoms with van der Waals surface area (Å²) in [5, 5.41) is 0. The van der Waals surface area contributed by atoms with Gasteiger partial charge in [-0.1, -0.05) is 12.1 Å². The van der Waals surface area contributed by atoms with Crippen molar-refractivity contribution in [2.45, 2.75) is 26.3 Å². The minimum Gasteiger partial charge on any atom is -0.494 e. The highest BCUT2D eigenvalue weighted by Crippen LogP contribution is 2.13. The lowest BCUT2D eigenvalue weighted by Gasteiger charge is -2.08. The summed E-state index contributed by atoms with van der Waals surface area (Å²) in [6.45, 7) is 3.30. The third-order valence-electron chi connectivity index (χ3n) is 4.27. The second kappa shape index (κ2) is 6.96. The van der Waals surface area contributed by atoms with E-state index in [1.807, 2.05) is 35.8 Å². The fourth-order valence-corrected chi connectivity index (χ4v) is 2.85. The molecule has 1 aromatic carbocycles. The Balaban J connectivity index is 1.64. The number of benzene rings is 1. The second-order valence-electron chi connectivity index (χ2n) is 6.19. The predicted molar refractivity (Wildman–Crippen MR) is 96.1 cm³/mol. The van der Waals surface area contributed by atoms with Crippen LogP contribution in [0.5, 0.6) is 5.75 Å². The summed E-state index contributed by atoms with van der Waals surface area (Å²) < 4.78 is 10.1. The molecule has 0 radical (unpaired) electrons. The maximum Gasteiger partial charge on any atom is 0.332 e. The lowest BCUT2D eigenvalue weighted by molar-refractivity contribution is 0.303. The van der Waals surface area contributed by atoms with Crippen molar-refractivity contribution in [1.82, 2.24) is 18.7 Å². The first kappa shape index (κ1) is 17.0. The molecule has 3 aromatic rings. The molecule has 7 heteroatoms. The highest BCUT2D eigenvalue weighted by molar-refractivity contribution is 5.69. The van der Waals surface area contributed by atoms with Crippen molar-refractivity contribution >= 4 is 11.2 Å². The van der Waals surface area contributed by atoms with Gasteiger partial charge in [-0.05, 0) is 37.5 Å². The first-order valence-corrected chi connectivity index (χ1v) is 8.29. The van der Waals surface area contributed by atoms with Crippen LogP contribution < -0.4 is 16.0 Å². The number of rotatable bonds is 6. The number of nitrogens with zero attached hydrogens (tertiary/aromatic N) is 4. The molecule has 0 aliphatic carbocycles. The molecule has 132 valence electrons. The van der Waals surface area contributed by atoms with Gasteiger partial charge < -0.3 is 9.30 Å². The van der Waals surface area contributed by atoms with Gasteiger partial charge in [0.2, 0.25) is 0 Å². The van der Waals surface area contributed by atoms with Crippen LogP contribution in [0.15, 0.2) is 40.2 Å². The topological polar surface area (TPSA) is 71.1 Å². The second-order valence-corrected chi connectivity index (χ2v) is 6.19. The standard InChI is InChI=1S/C18H22N4O3/c1-13-7-6-8-14(11-13)25-10-5-4-9-22-12-19-16-15(22)17(23)21(3)18(24)20(16)2/h6-8,11-12H,4-5,9-10H2,1-3H3. The Bertz CT molecular complexity index is 1010. The summed E-state index contributed by atoms with van der Waals surface area (Å²) in [4.78, 5) is 28.5. The quantitative estimate of drug-likeness (QED) is 0.638. The molecule has 0 unspecified atom stereocenters. The van der Waals surface area contributed by atoms with Crippen LogP contribution in [-0.4, -0.2) is 25.3 Å². The Morgan fingerprint density at radius 2 is 1.92 bits per heavy atom. The Morgan fingerprint density at radius 3 is 2.68 bits per heavy atom. The minimum atomic E-state index is -0.366. The summed E-state index contributed by atoms with van der Waals surface area (Å²) in [5.74, 6) is 0.872. The molecule has 0 saturated heterocycles. The zero-order chi connectivity index (χ0) is 18.0. The van der Waals surface area contributed by atoms with Gasteiger partial charge in [-0.3, -0.25) is 13.9 Å². The van der Waals surface area contributed by atoms with Gasteiger partial charge in [0.15, 0.2) is 11.2 Å². The largest absolute Gasteiger partial charge is 0.494 e. The lowest BCUT2D eigenvalue weighted by Crippen LogP contribution is -2.37. The van der Waals surface area contributed by atoms with Crippen molar-refractivity contribution in [3.63, 3.8) is 0 Å². The number of unbranched alkanes of at least 4 members (excludes halogenated alkanes) is 1. The van der Waals surface area contributed by atoms with Crippen LogP contribution in [-0.2, 0) is 20.6 Å². The van der Waals surface area contributed by atoms with Gasteiger partial charge >= 0.3 is 5.69 Å². The smallest absolute Gasteiger partial charge is 0.332 e. The van der Waals surface area contributed by atoms with E-state index in [0.29, 0.717) is 24.3 Å².